The summed E-state index contributed by atoms with van der Waals surface area (Å²) in [6, 6.07) is 12.3. The number of hydrogen-bond acceptors (Lipinski definition) is 1. The second kappa shape index (κ2) is 4.65. The van der Waals surface area contributed by atoms with Crippen LogP contribution in [0.2, 0.25) is 18.1 Å². The van der Waals surface area contributed by atoms with Gasteiger partial charge in [0.25, 0.3) is 0 Å². The van der Waals surface area contributed by atoms with Crippen LogP contribution in [0.3, 0.4) is 0 Å². The first kappa shape index (κ1) is 11.3. The van der Waals surface area contributed by atoms with Crippen LogP contribution in [0.4, 0.5) is 5.69 Å². The lowest BCUT2D eigenvalue weighted by molar-refractivity contribution is 1.19. The summed E-state index contributed by atoms with van der Waals surface area (Å²) < 4.78 is 0. The predicted octanol–water partition coefficient (Wildman–Crippen LogP) is 2.98. The van der Waals surface area contributed by atoms with Crippen LogP contribution < -0.4 is 10.9 Å². The van der Waals surface area contributed by atoms with E-state index in [1.54, 1.807) is 0 Å². The molecule has 14 heavy (non-hydrogen) atoms. The van der Waals surface area contributed by atoms with Gasteiger partial charge in [0.05, 0.1) is 8.07 Å². The maximum atomic E-state index is 6.07. The molecule has 0 atom stereocenters. The number of benzene rings is 1. The molecule has 0 unspecified atom stereocenters. The molecule has 0 radical (unpaired) electrons. The molecule has 0 fully saturated rings. The van der Waals surface area contributed by atoms with Gasteiger partial charge >= 0.3 is 0 Å². The number of hydrogen-bond donors (Lipinski definition) is 1. The lowest BCUT2D eigenvalue weighted by Crippen LogP contribution is -2.46. The third kappa shape index (κ3) is 1.85. The van der Waals surface area contributed by atoms with Gasteiger partial charge in [-0.2, -0.15) is 0 Å². The first-order valence-electron chi connectivity index (χ1n) is 5.55. The van der Waals surface area contributed by atoms with Crippen molar-refractivity contribution in [1.29, 1.82) is 0 Å². The zero-order chi connectivity index (χ0) is 10.6. The zero-order valence-corrected chi connectivity index (χ0v) is 10.5. The summed E-state index contributed by atoms with van der Waals surface area (Å²) in [5, 5.41) is 1.47. The Hall–Kier alpha value is -0.763. The summed E-state index contributed by atoms with van der Waals surface area (Å²) in [4.78, 5) is 0. The molecule has 0 aromatic heterocycles. The summed E-state index contributed by atoms with van der Waals surface area (Å²) in [6.07, 6.45) is 0. The average molecular weight is 207 g/mol. The van der Waals surface area contributed by atoms with Crippen molar-refractivity contribution in [1.82, 2.24) is 0 Å². The lowest BCUT2D eigenvalue weighted by Gasteiger charge is -2.29. The van der Waals surface area contributed by atoms with Crippen LogP contribution >= 0.6 is 0 Å². The number of para-hydroxylation sites is 1. The van der Waals surface area contributed by atoms with Crippen LogP contribution in [0, 0.1) is 0 Å². The highest BCUT2D eigenvalue weighted by Crippen LogP contribution is 2.22. The van der Waals surface area contributed by atoms with Gasteiger partial charge in [0.15, 0.2) is 0 Å². The minimum Gasteiger partial charge on any atom is -0.399 e. The predicted molar refractivity (Wildman–Crippen MR) is 67.7 cm³/mol. The van der Waals surface area contributed by atoms with E-state index in [1.165, 1.54) is 23.3 Å². The van der Waals surface area contributed by atoms with Crippen molar-refractivity contribution >= 4 is 18.9 Å². The average Bonchev–Trinajstić information content (AvgIpc) is 2.24. The van der Waals surface area contributed by atoms with E-state index in [2.05, 4.69) is 32.9 Å². The third-order valence-electron chi connectivity index (χ3n) is 3.56. The molecule has 78 valence electrons. The smallest absolute Gasteiger partial charge is 0.0886 e. The number of nitrogens with two attached hydrogens (primary N) is 1. The van der Waals surface area contributed by atoms with E-state index in [9.17, 15) is 0 Å². The molecule has 0 saturated carbocycles. The van der Waals surface area contributed by atoms with Gasteiger partial charge in [-0.15, -0.1) is 0 Å². The normalized spacial score (nSPS) is 11.6. The van der Waals surface area contributed by atoms with E-state index in [1.807, 2.05) is 12.1 Å². The minimum atomic E-state index is -1.26. The lowest BCUT2D eigenvalue weighted by atomic mass is 10.3. The second-order valence-corrected chi connectivity index (χ2v) is 9.15. The van der Waals surface area contributed by atoms with Crippen LogP contribution in [0.5, 0.6) is 0 Å². The van der Waals surface area contributed by atoms with Crippen LogP contribution in [-0.4, -0.2) is 8.07 Å². The molecule has 1 rings (SSSR count). The molecule has 0 saturated heterocycles. The SMILES string of the molecule is CC[Si](CC)(CC)c1ccccc1N. The topological polar surface area (TPSA) is 26.0 Å². The van der Waals surface area contributed by atoms with Gasteiger partial charge < -0.3 is 5.73 Å². The fourth-order valence-corrected chi connectivity index (χ4v) is 6.09. The van der Waals surface area contributed by atoms with Crippen molar-refractivity contribution in [3.8, 4) is 0 Å². The molecule has 2 N–H and O–H groups in total. The fourth-order valence-electron chi connectivity index (χ4n) is 2.30. The Labute approximate surface area is 88.3 Å². The number of nitrogen functional groups attached to an aromatic ring is 1. The summed E-state index contributed by atoms with van der Waals surface area (Å²) in [6.45, 7) is 6.93. The van der Waals surface area contributed by atoms with Gasteiger partial charge in [0, 0.05) is 5.69 Å². The molecule has 0 aliphatic rings. The minimum absolute atomic E-state index is 1.00. The molecule has 0 amide bonds. The van der Waals surface area contributed by atoms with Crippen molar-refractivity contribution in [2.24, 2.45) is 0 Å². The third-order valence-corrected chi connectivity index (χ3v) is 9.22. The van der Waals surface area contributed by atoms with Crippen molar-refractivity contribution in [3.05, 3.63) is 24.3 Å². The monoisotopic (exact) mass is 207 g/mol. The molecule has 0 aliphatic carbocycles. The maximum absolute atomic E-state index is 6.07. The summed E-state index contributed by atoms with van der Waals surface area (Å²) in [5.41, 5.74) is 7.07. The largest absolute Gasteiger partial charge is 0.399 e. The van der Waals surface area contributed by atoms with Gasteiger partial charge in [0.2, 0.25) is 0 Å². The molecule has 0 heterocycles. The maximum Gasteiger partial charge on any atom is 0.0886 e. The summed E-state index contributed by atoms with van der Waals surface area (Å²) >= 11 is 0. The second-order valence-electron chi connectivity index (χ2n) is 3.93. The highest BCUT2D eigenvalue weighted by atomic mass is 28.3. The van der Waals surface area contributed by atoms with Crippen molar-refractivity contribution in [2.75, 3.05) is 5.73 Å². The summed E-state index contributed by atoms with van der Waals surface area (Å²) in [7, 11) is -1.26. The van der Waals surface area contributed by atoms with Gasteiger partial charge in [-0.3, -0.25) is 0 Å². The Morgan fingerprint density at radius 1 is 1.00 bits per heavy atom. The Balaban J connectivity index is 3.17. The summed E-state index contributed by atoms with van der Waals surface area (Å²) in [5.74, 6) is 0. The number of anilines is 1. The van der Waals surface area contributed by atoms with Gasteiger partial charge in [-0.05, 0) is 11.3 Å². The molecule has 0 aliphatic heterocycles. The van der Waals surface area contributed by atoms with Gasteiger partial charge in [0.1, 0.15) is 0 Å². The highest BCUT2D eigenvalue weighted by molar-refractivity contribution is 6.92. The Bertz CT molecular complexity index is 284. The quantitative estimate of drug-likeness (QED) is 0.596. The van der Waals surface area contributed by atoms with E-state index >= 15 is 0 Å². The molecule has 1 nitrogen and oxygen atoms in total. The highest BCUT2D eigenvalue weighted by Gasteiger charge is 2.30. The fraction of sp³-hybridized carbons (Fsp3) is 0.500. The van der Waals surface area contributed by atoms with Crippen molar-refractivity contribution < 1.29 is 0 Å². The molecule has 0 spiro atoms. The van der Waals surface area contributed by atoms with Crippen molar-refractivity contribution in [2.45, 2.75) is 38.9 Å². The van der Waals surface area contributed by atoms with Crippen LogP contribution in [0.1, 0.15) is 20.8 Å². The number of rotatable bonds is 4. The standard InChI is InChI=1S/C12H21NSi/c1-4-14(5-2,6-3)12-10-8-7-9-11(12)13/h7-10H,4-6,13H2,1-3H3. The van der Waals surface area contributed by atoms with E-state index in [0.717, 1.165) is 5.69 Å². The molecule has 1 aromatic carbocycles. The van der Waals surface area contributed by atoms with E-state index in [4.69, 9.17) is 5.73 Å². The van der Waals surface area contributed by atoms with Gasteiger partial charge in [-0.25, -0.2) is 0 Å². The van der Waals surface area contributed by atoms with Crippen LogP contribution in [0.25, 0.3) is 0 Å². The van der Waals surface area contributed by atoms with E-state index < -0.39 is 8.07 Å². The Kier molecular flexibility index (Phi) is 3.75. The van der Waals surface area contributed by atoms with Crippen LogP contribution in [0.15, 0.2) is 24.3 Å². The molecular formula is C12H21NSi. The molecule has 2 heteroatoms. The molecule has 0 bridgehead atoms. The van der Waals surface area contributed by atoms with Gasteiger partial charge in [-0.1, -0.05) is 57.1 Å². The zero-order valence-electron chi connectivity index (χ0n) is 9.51. The first-order chi connectivity index (χ1) is 6.70. The van der Waals surface area contributed by atoms with E-state index in [0.29, 0.717) is 0 Å². The Morgan fingerprint density at radius 3 is 1.93 bits per heavy atom. The first-order valence-corrected chi connectivity index (χ1v) is 8.17. The van der Waals surface area contributed by atoms with E-state index in [-0.39, 0.29) is 0 Å². The molecule has 1 aromatic rings. The Morgan fingerprint density at radius 2 is 1.50 bits per heavy atom. The van der Waals surface area contributed by atoms with Crippen molar-refractivity contribution in [3.63, 3.8) is 0 Å². The van der Waals surface area contributed by atoms with Crippen LogP contribution in [-0.2, 0) is 0 Å². The molecular weight excluding hydrogens is 186 g/mol.